The summed E-state index contributed by atoms with van der Waals surface area (Å²) in [7, 11) is -1.92. The number of para-hydroxylation sites is 1. The van der Waals surface area contributed by atoms with Crippen LogP contribution in [0.5, 0.6) is 5.75 Å². The Morgan fingerprint density at radius 2 is 1.97 bits per heavy atom. The van der Waals surface area contributed by atoms with Crippen LogP contribution in [0, 0.1) is 5.92 Å². The van der Waals surface area contributed by atoms with E-state index in [0.29, 0.717) is 24.3 Å². The Hall–Kier alpha value is -1.03. The topological polar surface area (TPSA) is 97.3 Å². The molecule has 0 fully saturated rings. The molecule has 1 aromatic carbocycles. The molecule has 2 N–H and O–H groups in total. The van der Waals surface area contributed by atoms with Gasteiger partial charge < -0.3 is 24.2 Å². The molecule has 2 rings (SSSR count). The highest BCUT2D eigenvalue weighted by Crippen LogP contribution is 2.55. The zero-order valence-electron chi connectivity index (χ0n) is 18.9. The zero-order chi connectivity index (χ0) is 23.4. The molecule has 0 bridgehead atoms. The van der Waals surface area contributed by atoms with Gasteiger partial charge in [-0.1, -0.05) is 32.0 Å². The molecule has 1 heterocycles. The largest absolute Gasteiger partial charge is 0.487 e. The minimum absolute atomic E-state index is 0.0920. The van der Waals surface area contributed by atoms with E-state index in [1.54, 1.807) is 19.9 Å². The predicted octanol–water partition coefficient (Wildman–Crippen LogP) is 4.59. The van der Waals surface area contributed by atoms with Crippen molar-refractivity contribution in [2.24, 2.45) is 5.92 Å². The summed E-state index contributed by atoms with van der Waals surface area (Å²) in [6.45, 7) is 9.24. The van der Waals surface area contributed by atoms with Crippen LogP contribution in [0.25, 0.3) is 0 Å². The summed E-state index contributed by atoms with van der Waals surface area (Å²) < 4.78 is 33.2. The number of benzene rings is 1. The van der Waals surface area contributed by atoms with E-state index in [9.17, 15) is 14.1 Å². The summed E-state index contributed by atoms with van der Waals surface area (Å²) in [6.07, 6.45) is -0.618. The van der Waals surface area contributed by atoms with E-state index in [2.05, 4.69) is 5.32 Å². The lowest BCUT2D eigenvalue weighted by Gasteiger charge is -2.35. The molecule has 0 saturated carbocycles. The Bertz CT molecular complexity index is 854. The second-order valence-corrected chi connectivity index (χ2v) is 13.3. The Kier molecular flexibility index (Phi) is 9.07. The van der Waals surface area contributed by atoms with E-state index in [0.717, 1.165) is 5.56 Å². The number of carbonyl (C=O) groups is 1. The summed E-state index contributed by atoms with van der Waals surface area (Å²) in [5.41, 5.74) is 1.02. The molecule has 0 spiro atoms. The van der Waals surface area contributed by atoms with Gasteiger partial charge in [-0.2, -0.15) is 0 Å². The van der Waals surface area contributed by atoms with Crippen molar-refractivity contribution >= 4 is 35.5 Å². The van der Waals surface area contributed by atoms with Gasteiger partial charge in [0.15, 0.2) is 5.37 Å². The molecule has 11 heteroatoms. The van der Waals surface area contributed by atoms with Gasteiger partial charge in [-0.3, -0.25) is 0 Å². The molecule has 0 aromatic heterocycles. The van der Waals surface area contributed by atoms with Crippen molar-refractivity contribution in [1.29, 1.82) is 0 Å². The van der Waals surface area contributed by atoms with Crippen LogP contribution in [0.3, 0.4) is 0 Å². The smallest absolute Gasteiger partial charge is 0.405 e. The second-order valence-electron chi connectivity index (χ2n) is 8.21. The number of nitrogens with one attached hydrogen (secondary N) is 1. The summed E-state index contributed by atoms with van der Waals surface area (Å²) in [5, 5.41) is 10.9. The molecule has 1 aromatic rings. The third kappa shape index (κ3) is 6.49. The molecule has 2 atom stereocenters. The molecular formula is C20H33N2O6PS2. The number of fused-ring (bicyclic) bond motifs is 1. The van der Waals surface area contributed by atoms with Gasteiger partial charge >= 0.3 is 6.09 Å². The lowest BCUT2D eigenvalue weighted by Crippen LogP contribution is -2.39. The predicted molar refractivity (Wildman–Crippen MR) is 126 cm³/mol. The number of hydrogen-bond donors (Lipinski definition) is 2. The first-order valence-corrected chi connectivity index (χ1v) is 14.1. The number of nitrogens with zero attached hydrogens (tertiary/aromatic N) is 1. The van der Waals surface area contributed by atoms with Crippen LogP contribution in [0.2, 0.25) is 0 Å². The van der Waals surface area contributed by atoms with Crippen molar-refractivity contribution in [2.75, 3.05) is 19.8 Å². The summed E-state index contributed by atoms with van der Waals surface area (Å²) in [5.74, 6) is 0.652. The monoisotopic (exact) mass is 492 g/mol. The highest BCUT2D eigenvalue weighted by atomic mass is 32.5. The standard InChI is InChI=1S/C20H33N2O6PS2/c1-7-26-29(30,27-8-2)22(13-14(3)4)31(25)18(21-19(23)24)16-11-9-10-15-12-20(5,6)28-17(15)16/h9-11,14,18,21H,7-8,12-13H2,1-6H3,(H,23,24). The second kappa shape index (κ2) is 10.7. The molecule has 0 saturated heterocycles. The molecule has 1 aliphatic heterocycles. The van der Waals surface area contributed by atoms with Crippen molar-refractivity contribution in [3.05, 3.63) is 29.3 Å². The Labute approximate surface area is 192 Å². The summed E-state index contributed by atoms with van der Waals surface area (Å²) in [6, 6.07) is 5.49. The van der Waals surface area contributed by atoms with E-state index in [4.69, 9.17) is 25.6 Å². The molecule has 0 radical (unpaired) electrons. The zero-order valence-corrected chi connectivity index (χ0v) is 21.4. The minimum Gasteiger partial charge on any atom is -0.487 e. The molecule has 1 amide bonds. The lowest BCUT2D eigenvalue weighted by atomic mass is 10.0. The number of hydrogen-bond acceptors (Lipinski definition) is 6. The first-order chi connectivity index (χ1) is 14.4. The van der Waals surface area contributed by atoms with Crippen LogP contribution < -0.4 is 10.1 Å². The maximum atomic E-state index is 13.9. The van der Waals surface area contributed by atoms with Crippen LogP contribution in [0.15, 0.2) is 18.2 Å². The average Bonchev–Trinajstić information content (AvgIpc) is 2.97. The summed E-state index contributed by atoms with van der Waals surface area (Å²) in [4.78, 5) is 11.7. The normalized spacial score (nSPS) is 17.3. The molecule has 1 aliphatic rings. The maximum Gasteiger partial charge on any atom is 0.405 e. The Morgan fingerprint density at radius 1 is 1.35 bits per heavy atom. The molecular weight excluding hydrogens is 459 g/mol. The van der Waals surface area contributed by atoms with Gasteiger partial charge in [0.25, 0.3) is 6.64 Å². The number of amides is 1. The molecule has 176 valence electrons. The van der Waals surface area contributed by atoms with Gasteiger partial charge in [-0.15, -0.1) is 4.08 Å². The third-order valence-corrected chi connectivity index (χ3v) is 10.3. The van der Waals surface area contributed by atoms with E-state index >= 15 is 0 Å². The number of ether oxygens (including phenoxy) is 1. The molecule has 0 aliphatic carbocycles. The highest BCUT2D eigenvalue weighted by Gasteiger charge is 2.41. The number of carboxylic acid groups (broad SMARTS) is 1. The first kappa shape index (κ1) is 26.2. The van der Waals surface area contributed by atoms with E-state index in [1.807, 2.05) is 39.8 Å². The van der Waals surface area contributed by atoms with Crippen LogP contribution in [-0.2, 0) is 38.3 Å². The van der Waals surface area contributed by atoms with Crippen molar-refractivity contribution in [1.82, 2.24) is 9.39 Å². The highest BCUT2D eigenvalue weighted by molar-refractivity contribution is 8.12. The van der Waals surface area contributed by atoms with Gasteiger partial charge in [0.05, 0.1) is 13.2 Å². The minimum atomic E-state index is -3.11. The summed E-state index contributed by atoms with van der Waals surface area (Å²) >= 11 is 5.73. The number of rotatable bonds is 11. The van der Waals surface area contributed by atoms with Crippen molar-refractivity contribution in [3.63, 3.8) is 0 Å². The Balaban J connectivity index is 2.57. The first-order valence-electron chi connectivity index (χ1n) is 10.3. The van der Waals surface area contributed by atoms with E-state index < -0.39 is 34.7 Å². The quantitative estimate of drug-likeness (QED) is 0.436. The van der Waals surface area contributed by atoms with Crippen LogP contribution in [0.1, 0.15) is 58.0 Å². The lowest BCUT2D eigenvalue weighted by molar-refractivity contribution is 0.137. The van der Waals surface area contributed by atoms with Gasteiger partial charge in [0.2, 0.25) is 0 Å². The van der Waals surface area contributed by atoms with Crippen molar-refractivity contribution in [3.8, 4) is 5.75 Å². The van der Waals surface area contributed by atoms with Crippen LogP contribution >= 0.6 is 6.64 Å². The fraction of sp³-hybridized carbons (Fsp3) is 0.650. The fourth-order valence-electron chi connectivity index (χ4n) is 3.39. The van der Waals surface area contributed by atoms with E-state index in [-0.39, 0.29) is 19.1 Å². The van der Waals surface area contributed by atoms with Gasteiger partial charge in [-0.25, -0.2) is 9.00 Å². The van der Waals surface area contributed by atoms with Crippen molar-refractivity contribution < 1.29 is 27.9 Å². The third-order valence-electron chi connectivity index (χ3n) is 4.45. The Morgan fingerprint density at radius 3 is 2.48 bits per heavy atom. The van der Waals surface area contributed by atoms with Gasteiger partial charge in [0, 0.05) is 18.5 Å². The van der Waals surface area contributed by atoms with E-state index in [1.165, 1.54) is 4.08 Å². The molecule has 8 nitrogen and oxygen atoms in total. The molecule has 31 heavy (non-hydrogen) atoms. The molecule has 2 unspecified atom stereocenters. The average molecular weight is 493 g/mol. The van der Waals surface area contributed by atoms with Crippen LogP contribution in [-0.4, -0.2) is 44.8 Å². The van der Waals surface area contributed by atoms with Gasteiger partial charge in [0.1, 0.15) is 22.3 Å². The maximum absolute atomic E-state index is 13.9. The van der Waals surface area contributed by atoms with Crippen molar-refractivity contribution in [2.45, 2.75) is 58.9 Å². The van der Waals surface area contributed by atoms with Gasteiger partial charge in [-0.05, 0) is 51.0 Å². The fourth-order valence-corrected chi connectivity index (χ4v) is 8.98. The van der Waals surface area contributed by atoms with Crippen LogP contribution in [0.4, 0.5) is 4.79 Å². The SMILES string of the molecule is CCOP(=S)(OCC)N(CC(C)C)S(=O)C(NC(=O)O)c1cccc2c1OC(C)(C)C2.